The highest BCUT2D eigenvalue weighted by atomic mass is 16.1. The van der Waals surface area contributed by atoms with Gasteiger partial charge in [-0.1, -0.05) is 13.8 Å². The number of rotatable bonds is 5. The van der Waals surface area contributed by atoms with Crippen molar-refractivity contribution >= 4 is 11.6 Å². The highest BCUT2D eigenvalue weighted by Crippen LogP contribution is 2.10. The van der Waals surface area contributed by atoms with Crippen LogP contribution in [0.3, 0.4) is 0 Å². The van der Waals surface area contributed by atoms with Crippen LogP contribution in [0.15, 0.2) is 10.9 Å². The SMILES string of the molecule is CCC(=O)CC(=O)c1cc(C#N)c(=O)[nH]c1CC. The average Bonchev–Trinajstić information content (AvgIpc) is 2.37. The number of aromatic amines is 1. The lowest BCUT2D eigenvalue weighted by molar-refractivity contribution is -0.117. The summed E-state index contributed by atoms with van der Waals surface area (Å²) in [6, 6.07) is 3.00. The first-order chi connectivity index (χ1) is 8.53. The maximum absolute atomic E-state index is 11.9. The van der Waals surface area contributed by atoms with Gasteiger partial charge in [0, 0.05) is 17.7 Å². The smallest absolute Gasteiger partial charge is 0.266 e. The maximum atomic E-state index is 11.9. The number of pyridine rings is 1. The zero-order valence-corrected chi connectivity index (χ0v) is 10.4. The van der Waals surface area contributed by atoms with Crippen molar-refractivity contribution in [1.29, 1.82) is 5.26 Å². The summed E-state index contributed by atoms with van der Waals surface area (Å²) in [7, 11) is 0. The number of Topliss-reactive ketones (excluding diaryl/α,β-unsaturated/α-hetero) is 2. The number of hydrogen-bond acceptors (Lipinski definition) is 4. The Morgan fingerprint density at radius 1 is 1.39 bits per heavy atom. The first kappa shape index (κ1) is 13.8. The Bertz CT molecular complexity index is 579. The fourth-order valence-electron chi connectivity index (χ4n) is 1.58. The summed E-state index contributed by atoms with van der Waals surface area (Å²) >= 11 is 0. The third-order valence-electron chi connectivity index (χ3n) is 2.65. The molecule has 0 amide bonds. The van der Waals surface area contributed by atoms with E-state index in [1.54, 1.807) is 19.9 Å². The lowest BCUT2D eigenvalue weighted by atomic mass is 10.0. The Morgan fingerprint density at radius 2 is 2.06 bits per heavy atom. The number of H-pyrrole nitrogens is 1. The summed E-state index contributed by atoms with van der Waals surface area (Å²) in [6.07, 6.45) is 0.560. The minimum Gasteiger partial charge on any atom is -0.324 e. The van der Waals surface area contributed by atoms with E-state index in [1.165, 1.54) is 6.07 Å². The van der Waals surface area contributed by atoms with E-state index in [0.717, 1.165) is 0 Å². The monoisotopic (exact) mass is 246 g/mol. The Morgan fingerprint density at radius 3 is 2.56 bits per heavy atom. The second-order valence-corrected chi connectivity index (χ2v) is 3.86. The van der Waals surface area contributed by atoms with E-state index in [2.05, 4.69) is 4.98 Å². The van der Waals surface area contributed by atoms with Crippen LogP contribution in [0.25, 0.3) is 0 Å². The molecule has 0 aromatic carbocycles. The molecule has 0 unspecified atom stereocenters. The largest absolute Gasteiger partial charge is 0.324 e. The van der Waals surface area contributed by atoms with Gasteiger partial charge in [-0.3, -0.25) is 14.4 Å². The van der Waals surface area contributed by atoms with Crippen molar-refractivity contribution in [1.82, 2.24) is 4.98 Å². The molecule has 1 aromatic rings. The molecule has 0 saturated carbocycles. The normalized spacial score (nSPS) is 9.83. The third kappa shape index (κ3) is 2.92. The average molecular weight is 246 g/mol. The first-order valence-corrected chi connectivity index (χ1v) is 5.74. The predicted octanol–water partition coefficient (Wildman–Crippen LogP) is 1.36. The molecule has 1 rings (SSSR count). The van der Waals surface area contributed by atoms with Crippen molar-refractivity contribution in [2.24, 2.45) is 0 Å². The Kier molecular flexibility index (Phi) is 4.55. The number of ketones is 2. The van der Waals surface area contributed by atoms with Crippen LogP contribution in [0.5, 0.6) is 0 Å². The van der Waals surface area contributed by atoms with Gasteiger partial charge in [0.2, 0.25) is 0 Å². The van der Waals surface area contributed by atoms with E-state index in [-0.39, 0.29) is 29.1 Å². The quantitative estimate of drug-likeness (QED) is 0.627. The molecule has 0 saturated heterocycles. The molecule has 0 aliphatic heterocycles. The van der Waals surface area contributed by atoms with Crippen LogP contribution in [0.4, 0.5) is 0 Å². The van der Waals surface area contributed by atoms with E-state index >= 15 is 0 Å². The predicted molar refractivity (Wildman–Crippen MR) is 65.4 cm³/mol. The fraction of sp³-hybridized carbons (Fsp3) is 0.385. The molecule has 1 N–H and O–H groups in total. The zero-order chi connectivity index (χ0) is 13.7. The van der Waals surface area contributed by atoms with Gasteiger partial charge in [-0.2, -0.15) is 5.26 Å². The van der Waals surface area contributed by atoms with Gasteiger partial charge in [-0.15, -0.1) is 0 Å². The number of carbonyl (C=O) groups excluding carboxylic acids is 2. The van der Waals surface area contributed by atoms with Crippen LogP contribution in [-0.4, -0.2) is 16.6 Å². The summed E-state index contributed by atoms with van der Waals surface area (Å²) in [5.41, 5.74) is 0.107. The molecule has 0 bridgehead atoms. The molecule has 0 radical (unpaired) electrons. The molecule has 5 heteroatoms. The Balaban J connectivity index is 3.22. The molecule has 94 valence electrons. The van der Waals surface area contributed by atoms with E-state index in [9.17, 15) is 14.4 Å². The highest BCUT2D eigenvalue weighted by Gasteiger charge is 2.16. The molecule has 0 spiro atoms. The molecular weight excluding hydrogens is 232 g/mol. The topological polar surface area (TPSA) is 90.8 Å². The summed E-state index contributed by atoms with van der Waals surface area (Å²) in [5.74, 6) is -0.516. The van der Waals surface area contributed by atoms with Crippen molar-refractivity contribution < 1.29 is 9.59 Å². The van der Waals surface area contributed by atoms with Gasteiger partial charge in [0.15, 0.2) is 5.78 Å². The van der Waals surface area contributed by atoms with Crippen LogP contribution in [-0.2, 0) is 11.2 Å². The van der Waals surface area contributed by atoms with Gasteiger partial charge < -0.3 is 4.98 Å². The van der Waals surface area contributed by atoms with Gasteiger partial charge in [-0.05, 0) is 12.5 Å². The standard InChI is InChI=1S/C13H14N2O3/c1-3-9(16)6-12(17)10-5-8(7-14)13(18)15-11(10)4-2/h5H,3-4,6H2,1-2H3,(H,15,18). The Hall–Kier alpha value is -2.22. The van der Waals surface area contributed by atoms with Crippen LogP contribution < -0.4 is 5.56 Å². The van der Waals surface area contributed by atoms with E-state index in [4.69, 9.17) is 5.26 Å². The van der Waals surface area contributed by atoms with Gasteiger partial charge in [0.05, 0.1) is 6.42 Å². The maximum Gasteiger partial charge on any atom is 0.266 e. The van der Waals surface area contributed by atoms with E-state index in [1.807, 2.05) is 0 Å². The second kappa shape index (κ2) is 5.92. The molecule has 0 aliphatic carbocycles. The first-order valence-electron chi connectivity index (χ1n) is 5.74. The van der Waals surface area contributed by atoms with Crippen LogP contribution >= 0.6 is 0 Å². The number of hydrogen-bond donors (Lipinski definition) is 1. The number of carbonyl (C=O) groups is 2. The fourth-order valence-corrected chi connectivity index (χ4v) is 1.58. The molecule has 1 heterocycles. The number of nitrogens with one attached hydrogen (secondary N) is 1. The lowest BCUT2D eigenvalue weighted by Gasteiger charge is -2.06. The zero-order valence-electron chi connectivity index (χ0n) is 10.4. The number of nitriles is 1. The molecule has 1 aromatic heterocycles. The van der Waals surface area contributed by atoms with Gasteiger partial charge in [0.1, 0.15) is 17.4 Å². The number of nitrogens with zero attached hydrogens (tertiary/aromatic N) is 1. The van der Waals surface area contributed by atoms with Crippen molar-refractivity contribution in [2.75, 3.05) is 0 Å². The summed E-state index contributed by atoms with van der Waals surface area (Å²) in [5, 5.41) is 8.77. The van der Waals surface area contributed by atoms with Gasteiger partial charge in [0.25, 0.3) is 5.56 Å². The van der Waals surface area contributed by atoms with Crippen LogP contribution in [0, 0.1) is 11.3 Å². The number of aromatic nitrogens is 1. The minimum atomic E-state index is -0.507. The van der Waals surface area contributed by atoms with Crippen molar-refractivity contribution in [3.05, 3.63) is 33.2 Å². The minimum absolute atomic E-state index is 0.112. The Labute approximate surface area is 104 Å². The van der Waals surface area contributed by atoms with Crippen LogP contribution in [0.1, 0.15) is 48.3 Å². The van der Waals surface area contributed by atoms with Gasteiger partial charge >= 0.3 is 0 Å². The van der Waals surface area contributed by atoms with Crippen molar-refractivity contribution in [3.8, 4) is 6.07 Å². The molecule has 0 atom stereocenters. The van der Waals surface area contributed by atoms with E-state index < -0.39 is 5.56 Å². The molecule has 18 heavy (non-hydrogen) atoms. The van der Waals surface area contributed by atoms with Gasteiger partial charge in [-0.25, -0.2) is 0 Å². The van der Waals surface area contributed by atoms with Crippen molar-refractivity contribution in [3.63, 3.8) is 0 Å². The lowest BCUT2D eigenvalue weighted by Crippen LogP contribution is -2.18. The highest BCUT2D eigenvalue weighted by molar-refractivity contribution is 6.08. The van der Waals surface area contributed by atoms with E-state index in [0.29, 0.717) is 18.5 Å². The molecular formula is C13H14N2O3. The molecule has 0 aliphatic rings. The van der Waals surface area contributed by atoms with Crippen molar-refractivity contribution in [2.45, 2.75) is 33.1 Å². The summed E-state index contributed by atoms with van der Waals surface area (Å²) in [4.78, 5) is 37.1. The number of aryl methyl sites for hydroxylation is 1. The van der Waals surface area contributed by atoms with Crippen LogP contribution in [0.2, 0.25) is 0 Å². The third-order valence-corrected chi connectivity index (χ3v) is 2.65. The summed E-state index contributed by atoms with van der Waals surface area (Å²) < 4.78 is 0. The molecule has 0 fully saturated rings. The summed E-state index contributed by atoms with van der Waals surface area (Å²) in [6.45, 7) is 3.47. The molecule has 5 nitrogen and oxygen atoms in total. The second-order valence-electron chi connectivity index (χ2n) is 3.86.